The van der Waals surface area contributed by atoms with Crippen molar-refractivity contribution in [2.45, 2.75) is 42.9 Å². The molecule has 1 aliphatic heterocycles. The molecule has 1 fully saturated rings. The third-order valence-electron chi connectivity index (χ3n) is 3.12. The number of hydrogen-bond donors (Lipinski definition) is 1. The maximum Gasteiger partial charge on any atom is 0.404 e. The predicted octanol–water partition coefficient (Wildman–Crippen LogP) is 2.50. The number of hydrogen-bond acceptors (Lipinski definition) is 5. The smallest absolute Gasteiger partial charge is 0.338 e. The summed E-state index contributed by atoms with van der Waals surface area (Å²) in [6, 6.07) is 0. The standard InChI is InChI=1S/C11H16F3N3OS/c1-7(2)19-5-8-16-9(18-17-8)10(11(12,13)14)3-4-15-6-10/h7,15H,3-6H2,1-2H3. The van der Waals surface area contributed by atoms with Crippen LogP contribution in [-0.2, 0) is 11.2 Å². The van der Waals surface area contributed by atoms with Crippen molar-refractivity contribution < 1.29 is 17.7 Å². The molecular formula is C11H16F3N3OS. The van der Waals surface area contributed by atoms with Gasteiger partial charge in [-0.15, -0.1) is 0 Å². The van der Waals surface area contributed by atoms with Crippen LogP contribution >= 0.6 is 11.8 Å². The normalized spacial score (nSPS) is 24.3. The molecule has 4 nitrogen and oxygen atoms in total. The van der Waals surface area contributed by atoms with Gasteiger partial charge in [0.2, 0.25) is 5.89 Å². The van der Waals surface area contributed by atoms with E-state index >= 15 is 0 Å². The van der Waals surface area contributed by atoms with Crippen LogP contribution in [0.4, 0.5) is 13.2 Å². The number of alkyl halides is 3. The third-order valence-corrected chi connectivity index (χ3v) is 4.21. The second kappa shape index (κ2) is 5.32. The molecule has 1 aromatic rings. The van der Waals surface area contributed by atoms with Gasteiger partial charge in [0.25, 0.3) is 0 Å². The minimum absolute atomic E-state index is 0.0601. The van der Waals surface area contributed by atoms with E-state index in [1.54, 1.807) is 11.8 Å². The van der Waals surface area contributed by atoms with Gasteiger partial charge in [0.1, 0.15) is 0 Å². The highest BCUT2D eigenvalue weighted by atomic mass is 32.2. The first-order valence-corrected chi connectivity index (χ1v) is 7.12. The molecule has 1 atom stereocenters. The van der Waals surface area contributed by atoms with Crippen molar-refractivity contribution in [1.82, 2.24) is 15.5 Å². The van der Waals surface area contributed by atoms with Crippen molar-refractivity contribution in [1.29, 1.82) is 0 Å². The van der Waals surface area contributed by atoms with Crippen LogP contribution in [0.25, 0.3) is 0 Å². The minimum Gasteiger partial charge on any atom is -0.338 e. The first-order valence-electron chi connectivity index (χ1n) is 6.07. The molecule has 2 heterocycles. The van der Waals surface area contributed by atoms with Crippen LogP contribution in [-0.4, -0.2) is 34.7 Å². The number of rotatable bonds is 4. The largest absolute Gasteiger partial charge is 0.404 e. The van der Waals surface area contributed by atoms with Crippen molar-refractivity contribution in [2.24, 2.45) is 0 Å². The van der Waals surface area contributed by atoms with Gasteiger partial charge in [-0.2, -0.15) is 29.9 Å². The Morgan fingerprint density at radius 1 is 1.47 bits per heavy atom. The van der Waals surface area contributed by atoms with Gasteiger partial charge in [0.15, 0.2) is 11.2 Å². The van der Waals surface area contributed by atoms with E-state index in [9.17, 15) is 13.2 Å². The lowest BCUT2D eigenvalue weighted by atomic mass is 9.86. The summed E-state index contributed by atoms with van der Waals surface area (Å²) in [5, 5.41) is 6.75. The average molecular weight is 295 g/mol. The van der Waals surface area contributed by atoms with Crippen molar-refractivity contribution in [3.8, 4) is 0 Å². The van der Waals surface area contributed by atoms with Crippen molar-refractivity contribution >= 4 is 11.8 Å². The summed E-state index contributed by atoms with van der Waals surface area (Å²) in [7, 11) is 0. The van der Waals surface area contributed by atoms with Gasteiger partial charge in [-0.05, 0) is 18.2 Å². The van der Waals surface area contributed by atoms with E-state index in [0.29, 0.717) is 23.4 Å². The Labute approximate surface area is 113 Å². The number of nitrogens with one attached hydrogen (secondary N) is 1. The molecule has 1 aliphatic rings. The minimum atomic E-state index is -4.38. The molecule has 8 heteroatoms. The molecule has 0 spiro atoms. The molecule has 108 valence electrons. The number of thioether (sulfide) groups is 1. The summed E-state index contributed by atoms with van der Waals surface area (Å²) in [6.45, 7) is 4.11. The van der Waals surface area contributed by atoms with Crippen LogP contribution in [0, 0.1) is 0 Å². The third kappa shape index (κ3) is 2.89. The second-order valence-electron chi connectivity index (χ2n) is 4.88. The number of nitrogens with zero attached hydrogens (tertiary/aromatic N) is 2. The topological polar surface area (TPSA) is 51.0 Å². The molecule has 0 amide bonds. The fraction of sp³-hybridized carbons (Fsp3) is 0.818. The highest BCUT2D eigenvalue weighted by Crippen LogP contribution is 2.44. The van der Waals surface area contributed by atoms with E-state index in [-0.39, 0.29) is 18.9 Å². The van der Waals surface area contributed by atoms with E-state index in [1.165, 1.54) is 0 Å². The Morgan fingerprint density at radius 3 is 2.74 bits per heavy atom. The molecular weight excluding hydrogens is 279 g/mol. The first kappa shape index (κ1) is 14.6. The van der Waals surface area contributed by atoms with E-state index in [4.69, 9.17) is 4.52 Å². The summed E-state index contributed by atoms with van der Waals surface area (Å²) < 4.78 is 44.6. The Morgan fingerprint density at radius 2 is 2.21 bits per heavy atom. The van der Waals surface area contributed by atoms with Crippen LogP contribution in [0.2, 0.25) is 0 Å². The van der Waals surface area contributed by atoms with Crippen molar-refractivity contribution in [3.05, 3.63) is 11.7 Å². The van der Waals surface area contributed by atoms with Crippen LogP contribution in [0.5, 0.6) is 0 Å². The van der Waals surface area contributed by atoms with Gasteiger partial charge in [0.05, 0.1) is 5.75 Å². The molecule has 0 aromatic carbocycles. The number of halogens is 3. The maximum absolute atomic E-state index is 13.3. The van der Waals surface area contributed by atoms with E-state index < -0.39 is 11.6 Å². The van der Waals surface area contributed by atoms with Gasteiger partial charge in [-0.25, -0.2) is 0 Å². The lowest BCUT2D eigenvalue weighted by Crippen LogP contribution is -2.44. The zero-order valence-electron chi connectivity index (χ0n) is 10.8. The zero-order valence-corrected chi connectivity index (χ0v) is 11.6. The van der Waals surface area contributed by atoms with Crippen molar-refractivity contribution in [3.63, 3.8) is 0 Å². The molecule has 19 heavy (non-hydrogen) atoms. The SMILES string of the molecule is CC(C)SCc1noc(C2(C(F)(F)F)CCNC2)n1. The fourth-order valence-corrected chi connectivity index (χ4v) is 2.59. The van der Waals surface area contributed by atoms with Gasteiger partial charge in [0, 0.05) is 6.54 Å². The first-order chi connectivity index (χ1) is 8.85. The van der Waals surface area contributed by atoms with Crippen LogP contribution in [0.3, 0.4) is 0 Å². The molecule has 1 aromatic heterocycles. The van der Waals surface area contributed by atoms with Crippen LogP contribution in [0.1, 0.15) is 32.0 Å². The highest BCUT2D eigenvalue weighted by molar-refractivity contribution is 7.99. The molecule has 0 bridgehead atoms. The van der Waals surface area contributed by atoms with Gasteiger partial charge < -0.3 is 9.84 Å². The monoisotopic (exact) mass is 295 g/mol. The molecule has 2 rings (SSSR count). The summed E-state index contributed by atoms with van der Waals surface area (Å²) >= 11 is 1.56. The van der Waals surface area contributed by atoms with Crippen molar-refractivity contribution in [2.75, 3.05) is 13.1 Å². The Hall–Kier alpha value is -0.760. The summed E-state index contributed by atoms with van der Waals surface area (Å²) in [4.78, 5) is 3.94. The summed E-state index contributed by atoms with van der Waals surface area (Å²) in [6.07, 6.45) is -4.44. The van der Waals surface area contributed by atoms with Crippen LogP contribution < -0.4 is 5.32 Å². The second-order valence-corrected chi connectivity index (χ2v) is 6.45. The lowest BCUT2D eigenvalue weighted by Gasteiger charge is -2.26. The highest BCUT2D eigenvalue weighted by Gasteiger charge is 2.61. The number of aromatic nitrogens is 2. The summed E-state index contributed by atoms with van der Waals surface area (Å²) in [5.41, 5.74) is -2.03. The zero-order chi connectivity index (χ0) is 14.1. The van der Waals surface area contributed by atoms with Gasteiger partial charge >= 0.3 is 6.18 Å². The molecule has 0 radical (unpaired) electrons. The maximum atomic E-state index is 13.3. The van der Waals surface area contributed by atoms with E-state index in [2.05, 4.69) is 15.5 Å². The Bertz CT molecular complexity index is 427. The fourth-order valence-electron chi connectivity index (χ4n) is 1.99. The van der Waals surface area contributed by atoms with Gasteiger partial charge in [-0.3, -0.25) is 0 Å². The quantitative estimate of drug-likeness (QED) is 0.925. The van der Waals surface area contributed by atoms with E-state index in [0.717, 1.165) is 0 Å². The lowest BCUT2D eigenvalue weighted by molar-refractivity contribution is -0.191. The Balaban J connectivity index is 2.20. The molecule has 1 N–H and O–H groups in total. The Kier molecular flexibility index (Phi) is 4.10. The molecule has 1 unspecified atom stereocenters. The van der Waals surface area contributed by atoms with E-state index in [1.807, 2.05) is 13.8 Å². The molecule has 0 aliphatic carbocycles. The predicted molar refractivity (Wildman–Crippen MR) is 65.9 cm³/mol. The average Bonchev–Trinajstić information content (AvgIpc) is 2.94. The van der Waals surface area contributed by atoms with Crippen LogP contribution in [0.15, 0.2) is 4.52 Å². The summed E-state index contributed by atoms with van der Waals surface area (Å²) in [5.74, 6) is 0.469. The molecule has 1 saturated heterocycles. The molecule has 0 saturated carbocycles. The van der Waals surface area contributed by atoms with Gasteiger partial charge in [-0.1, -0.05) is 19.0 Å².